The summed E-state index contributed by atoms with van der Waals surface area (Å²) >= 11 is 0. The summed E-state index contributed by atoms with van der Waals surface area (Å²) in [6.45, 7) is 6.77. The SMILES string of the molecule is CC1(C)C2C[C@H]1C[C@H]1OB(CNC(=O)[C@H](Cc3ccccc3)NC(=O)[C@H](CC3=CNC4C=CC=CC34)NC(=O)c3cnccn3)O[C@@]21C. The van der Waals surface area contributed by atoms with E-state index in [4.69, 9.17) is 9.31 Å². The molecule has 1 aromatic carbocycles. The molecule has 3 heterocycles. The van der Waals surface area contributed by atoms with Gasteiger partial charge in [0.2, 0.25) is 11.8 Å². The Hall–Kier alpha value is -4.29. The zero-order valence-corrected chi connectivity index (χ0v) is 27.6. The first kappa shape index (κ1) is 32.3. The highest BCUT2D eigenvalue weighted by molar-refractivity contribution is 6.46. The summed E-state index contributed by atoms with van der Waals surface area (Å²) in [5.74, 6) is -0.273. The van der Waals surface area contributed by atoms with Gasteiger partial charge in [-0.3, -0.25) is 19.4 Å². The first-order valence-corrected chi connectivity index (χ1v) is 16.9. The van der Waals surface area contributed by atoms with Gasteiger partial charge in [-0.05, 0) is 60.8 Å². The van der Waals surface area contributed by atoms with E-state index in [0.717, 1.165) is 24.0 Å². The van der Waals surface area contributed by atoms with Gasteiger partial charge in [0.1, 0.15) is 17.8 Å². The fourth-order valence-corrected chi connectivity index (χ4v) is 8.39. The molecule has 48 heavy (non-hydrogen) atoms. The topological polar surface area (TPSA) is 144 Å². The molecule has 2 bridgehead atoms. The van der Waals surface area contributed by atoms with Crippen molar-refractivity contribution in [1.29, 1.82) is 0 Å². The molecule has 4 aliphatic carbocycles. The van der Waals surface area contributed by atoms with E-state index in [1.54, 1.807) is 0 Å². The monoisotopic (exact) mass is 650 g/mol. The first-order valence-electron chi connectivity index (χ1n) is 16.9. The van der Waals surface area contributed by atoms with E-state index < -0.39 is 31.0 Å². The maximum Gasteiger partial charge on any atom is 0.478 e. The van der Waals surface area contributed by atoms with Gasteiger partial charge in [0.05, 0.1) is 30.4 Å². The number of carbonyl (C=O) groups is 3. The smallest absolute Gasteiger partial charge is 0.404 e. The molecule has 2 aromatic rings. The van der Waals surface area contributed by atoms with Crippen LogP contribution in [0.15, 0.2) is 85.0 Å². The first-order chi connectivity index (χ1) is 23.1. The molecule has 12 heteroatoms. The number of carbonyl (C=O) groups excluding carboxylic acids is 3. The van der Waals surface area contributed by atoms with Crippen molar-refractivity contribution in [3.63, 3.8) is 0 Å². The standard InChI is InChI=1S/C36H43BN6O5/c1-35(2)24-17-30(35)36(3)31(18-24)47-37(48-36)21-41-32(44)27(15-22-9-5-4-6-10-22)42-33(45)28(43-34(46)29-20-38-13-14-39-29)16-23-19-40-26-12-8-7-11-25(23)26/h4-14,19-20,24-28,30-31,40H,15-18,21H2,1-3H3,(H,41,44)(H,42,45)(H,43,46)/t24-,25?,26?,27-,28-,30?,31+,36-/m0/s1. The van der Waals surface area contributed by atoms with Crippen molar-refractivity contribution in [3.05, 3.63) is 96.3 Å². The molecule has 4 N–H and O–H groups in total. The summed E-state index contributed by atoms with van der Waals surface area (Å²) in [5.41, 5.74) is 1.78. The van der Waals surface area contributed by atoms with Crippen molar-refractivity contribution in [3.8, 4) is 0 Å². The lowest BCUT2D eigenvalue weighted by Crippen LogP contribution is -2.65. The van der Waals surface area contributed by atoms with Crippen LogP contribution in [0.2, 0.25) is 0 Å². The van der Waals surface area contributed by atoms with Gasteiger partial charge < -0.3 is 30.6 Å². The number of fused-ring (bicyclic) bond motifs is 1. The van der Waals surface area contributed by atoms with Gasteiger partial charge in [0.25, 0.3) is 5.91 Å². The Bertz CT molecular complexity index is 1630. The molecule has 0 radical (unpaired) electrons. The minimum absolute atomic E-state index is 0.00292. The Balaban J connectivity index is 1.06. The van der Waals surface area contributed by atoms with Crippen molar-refractivity contribution >= 4 is 24.8 Å². The molecule has 0 spiro atoms. The van der Waals surface area contributed by atoms with Crippen LogP contribution < -0.4 is 21.3 Å². The Morgan fingerprint density at radius 1 is 1.00 bits per heavy atom. The zero-order valence-electron chi connectivity index (χ0n) is 27.6. The normalized spacial score (nSPS) is 30.1. The van der Waals surface area contributed by atoms with Crippen molar-refractivity contribution in [2.45, 2.75) is 76.3 Å². The van der Waals surface area contributed by atoms with Crippen molar-refractivity contribution in [2.75, 3.05) is 6.44 Å². The van der Waals surface area contributed by atoms with Gasteiger partial charge in [-0.1, -0.05) is 68.5 Å². The van der Waals surface area contributed by atoms with Crippen LogP contribution in [0.25, 0.3) is 0 Å². The molecule has 4 fully saturated rings. The Kier molecular flexibility index (Phi) is 8.72. The van der Waals surface area contributed by atoms with Gasteiger partial charge in [-0.25, -0.2) is 4.98 Å². The molecule has 8 rings (SSSR count). The molecule has 8 atom stereocenters. The molecule has 1 aromatic heterocycles. The summed E-state index contributed by atoms with van der Waals surface area (Å²) in [6, 6.07) is 7.73. The lowest BCUT2D eigenvalue weighted by Gasteiger charge is -2.64. The Labute approximate surface area is 281 Å². The molecule has 1 saturated heterocycles. The zero-order chi connectivity index (χ0) is 33.5. The Morgan fingerprint density at radius 2 is 1.79 bits per heavy atom. The minimum atomic E-state index is -0.976. The maximum absolute atomic E-state index is 14.1. The van der Waals surface area contributed by atoms with E-state index in [9.17, 15) is 14.4 Å². The number of aromatic nitrogens is 2. The van der Waals surface area contributed by atoms with Crippen LogP contribution in [0.5, 0.6) is 0 Å². The van der Waals surface area contributed by atoms with Crippen LogP contribution in [-0.2, 0) is 25.3 Å². The predicted octanol–water partition coefficient (Wildman–Crippen LogP) is 2.67. The number of hydrogen-bond donors (Lipinski definition) is 4. The van der Waals surface area contributed by atoms with Gasteiger partial charge in [-0.15, -0.1) is 0 Å². The van der Waals surface area contributed by atoms with E-state index in [1.165, 1.54) is 18.6 Å². The van der Waals surface area contributed by atoms with Crippen LogP contribution in [0.4, 0.5) is 0 Å². The average Bonchev–Trinajstić information content (AvgIpc) is 3.67. The lowest BCUT2D eigenvalue weighted by atomic mass is 9.43. The molecular formula is C36H43BN6O5. The third-order valence-electron chi connectivity index (χ3n) is 11.2. The number of hydrogen-bond acceptors (Lipinski definition) is 8. The van der Waals surface area contributed by atoms with E-state index in [1.807, 2.05) is 48.7 Å². The van der Waals surface area contributed by atoms with E-state index in [-0.39, 0.29) is 60.0 Å². The van der Waals surface area contributed by atoms with E-state index in [0.29, 0.717) is 11.8 Å². The molecule has 2 aliphatic heterocycles. The molecule has 11 nitrogen and oxygen atoms in total. The van der Waals surface area contributed by atoms with Gasteiger partial charge in [-0.2, -0.15) is 0 Å². The third-order valence-corrected chi connectivity index (χ3v) is 11.2. The summed E-state index contributed by atoms with van der Waals surface area (Å²) < 4.78 is 12.8. The largest absolute Gasteiger partial charge is 0.478 e. The number of benzene rings is 1. The van der Waals surface area contributed by atoms with E-state index >= 15 is 0 Å². The minimum Gasteiger partial charge on any atom is -0.404 e. The lowest BCUT2D eigenvalue weighted by molar-refractivity contribution is -0.199. The highest BCUT2D eigenvalue weighted by atomic mass is 16.7. The molecule has 250 valence electrons. The molecule has 6 aliphatic rings. The van der Waals surface area contributed by atoms with Crippen molar-refractivity contribution in [2.24, 2.45) is 23.2 Å². The number of nitrogens with zero attached hydrogens (tertiary/aromatic N) is 2. The molecule has 3 saturated carbocycles. The third kappa shape index (κ3) is 6.19. The average molecular weight is 651 g/mol. The highest BCUT2D eigenvalue weighted by Crippen LogP contribution is 2.65. The maximum atomic E-state index is 14.1. The quantitative estimate of drug-likeness (QED) is 0.272. The summed E-state index contributed by atoms with van der Waals surface area (Å²) in [7, 11) is -0.571. The summed E-state index contributed by atoms with van der Waals surface area (Å²) in [6.07, 6.45) is 17.0. The Morgan fingerprint density at radius 3 is 2.56 bits per heavy atom. The van der Waals surface area contributed by atoms with Crippen LogP contribution in [0.1, 0.15) is 56.1 Å². The van der Waals surface area contributed by atoms with Crippen LogP contribution in [0, 0.1) is 23.2 Å². The number of rotatable bonds is 11. The van der Waals surface area contributed by atoms with Gasteiger partial charge in [0.15, 0.2) is 0 Å². The predicted molar refractivity (Wildman–Crippen MR) is 180 cm³/mol. The molecular weight excluding hydrogens is 607 g/mol. The van der Waals surface area contributed by atoms with E-state index in [2.05, 4.69) is 64.2 Å². The van der Waals surface area contributed by atoms with Crippen molar-refractivity contribution < 1.29 is 23.7 Å². The summed E-state index contributed by atoms with van der Waals surface area (Å²) in [4.78, 5) is 49.2. The number of allylic oxidation sites excluding steroid dienone is 2. The second-order valence-electron chi connectivity index (χ2n) is 14.4. The summed E-state index contributed by atoms with van der Waals surface area (Å²) in [5, 5.41) is 12.2. The number of nitrogens with one attached hydrogen (secondary N) is 4. The van der Waals surface area contributed by atoms with Crippen molar-refractivity contribution in [1.82, 2.24) is 31.2 Å². The van der Waals surface area contributed by atoms with Gasteiger partial charge >= 0.3 is 7.12 Å². The fraction of sp³-hybridized carbons (Fsp3) is 0.472. The van der Waals surface area contributed by atoms with Crippen LogP contribution in [-0.4, -0.2) is 71.1 Å². The second-order valence-corrected chi connectivity index (χ2v) is 14.4. The molecule has 3 amide bonds. The fourth-order valence-electron chi connectivity index (χ4n) is 8.39. The van der Waals surface area contributed by atoms with Crippen LogP contribution >= 0.6 is 0 Å². The van der Waals surface area contributed by atoms with Gasteiger partial charge in [0, 0.05) is 24.7 Å². The number of amides is 3. The molecule has 3 unspecified atom stereocenters. The highest BCUT2D eigenvalue weighted by Gasteiger charge is 2.67. The second kappa shape index (κ2) is 13.0. The van der Waals surface area contributed by atoms with Crippen LogP contribution in [0.3, 0.4) is 0 Å².